The normalized spacial score (nSPS) is 29.5. The molecular formula is C27H31ClFNO5. The topological polar surface area (TPSA) is 66.0 Å². The van der Waals surface area contributed by atoms with Crippen molar-refractivity contribution in [1.82, 2.24) is 5.32 Å². The fourth-order valence-corrected chi connectivity index (χ4v) is 5.14. The predicted molar refractivity (Wildman–Crippen MR) is 128 cm³/mol. The molecule has 1 amide bonds. The first-order chi connectivity index (χ1) is 16.7. The van der Waals surface area contributed by atoms with Crippen LogP contribution in [0.15, 0.2) is 48.5 Å². The number of carbonyl (C=O) groups excluding carboxylic acids is 1. The van der Waals surface area contributed by atoms with Crippen molar-refractivity contribution in [3.63, 3.8) is 0 Å². The molecule has 0 spiro atoms. The number of carbonyl (C=O) groups is 1. The first-order valence-corrected chi connectivity index (χ1v) is 12.5. The molecule has 0 bridgehead atoms. The van der Waals surface area contributed by atoms with Crippen LogP contribution in [0.5, 0.6) is 0 Å². The Balaban J connectivity index is 1.40. The molecule has 3 aliphatic rings. The number of hydrogen-bond acceptors (Lipinski definition) is 5. The Morgan fingerprint density at radius 1 is 1.09 bits per heavy atom. The molecule has 0 aromatic heterocycles. The summed E-state index contributed by atoms with van der Waals surface area (Å²) in [6.45, 7) is 4.12. The summed E-state index contributed by atoms with van der Waals surface area (Å²) in [6, 6.07) is 13.9. The van der Waals surface area contributed by atoms with Gasteiger partial charge in [0.05, 0.1) is 25.4 Å². The van der Waals surface area contributed by atoms with Gasteiger partial charge in [0.15, 0.2) is 11.4 Å². The zero-order valence-corrected chi connectivity index (χ0v) is 20.7. The predicted octanol–water partition coefficient (Wildman–Crippen LogP) is 4.91. The van der Waals surface area contributed by atoms with Crippen LogP contribution in [0.1, 0.15) is 50.7 Å². The number of hydrogen-bond donors (Lipinski definition) is 1. The third-order valence-corrected chi connectivity index (χ3v) is 6.97. The summed E-state index contributed by atoms with van der Waals surface area (Å²) in [4.78, 5) is 13.6. The highest BCUT2D eigenvalue weighted by molar-refractivity contribution is 6.30. The average Bonchev–Trinajstić information content (AvgIpc) is 3.56. The number of rotatable bonds is 8. The van der Waals surface area contributed by atoms with Crippen molar-refractivity contribution >= 4 is 17.5 Å². The van der Waals surface area contributed by atoms with E-state index in [0.29, 0.717) is 30.0 Å². The number of nitrogens with one attached hydrogen (secondary N) is 1. The zero-order valence-electron chi connectivity index (χ0n) is 20.0. The van der Waals surface area contributed by atoms with Gasteiger partial charge < -0.3 is 24.3 Å². The van der Waals surface area contributed by atoms with Gasteiger partial charge in [-0.15, -0.1) is 0 Å². The monoisotopic (exact) mass is 503 g/mol. The highest BCUT2D eigenvalue weighted by Gasteiger charge is 2.58. The van der Waals surface area contributed by atoms with E-state index in [1.54, 1.807) is 12.1 Å². The van der Waals surface area contributed by atoms with Crippen molar-refractivity contribution in [3.8, 4) is 0 Å². The summed E-state index contributed by atoms with van der Waals surface area (Å²) in [6.07, 6.45) is 1.35. The van der Waals surface area contributed by atoms with E-state index in [1.165, 1.54) is 12.1 Å². The number of amides is 1. The molecule has 1 aliphatic heterocycles. The number of ether oxygens (including phenoxy) is 4. The van der Waals surface area contributed by atoms with Crippen molar-refractivity contribution < 1.29 is 28.1 Å². The Morgan fingerprint density at radius 3 is 2.54 bits per heavy atom. The second-order valence-corrected chi connectivity index (χ2v) is 10.6. The minimum absolute atomic E-state index is 0.0957. The molecule has 2 aliphatic carbocycles. The lowest BCUT2D eigenvalue weighted by Gasteiger charge is -2.43. The number of fused-ring (bicyclic) bond motifs is 1. The molecule has 5 rings (SSSR count). The van der Waals surface area contributed by atoms with Gasteiger partial charge in [-0.25, -0.2) is 4.39 Å². The molecule has 3 fully saturated rings. The Kier molecular flexibility index (Phi) is 6.90. The van der Waals surface area contributed by atoms with Crippen molar-refractivity contribution in [2.24, 2.45) is 0 Å². The SMILES string of the molecule is CC1(C)O[C@H]2[C@@H](OCc3cccc(Cl)c3)C[C@](OCc3cccc(F)c3)(C(=O)NC3CC3)C[C@H]2O1. The van der Waals surface area contributed by atoms with Crippen LogP contribution in [0.4, 0.5) is 4.39 Å². The van der Waals surface area contributed by atoms with Gasteiger partial charge >= 0.3 is 0 Å². The summed E-state index contributed by atoms with van der Waals surface area (Å²) < 4.78 is 38.9. The van der Waals surface area contributed by atoms with Crippen LogP contribution in [0.3, 0.4) is 0 Å². The second kappa shape index (κ2) is 9.79. The van der Waals surface area contributed by atoms with Crippen LogP contribution in [0, 0.1) is 5.82 Å². The van der Waals surface area contributed by atoms with E-state index in [1.807, 2.05) is 38.1 Å². The second-order valence-electron chi connectivity index (χ2n) is 10.2. The molecule has 2 aromatic rings. The lowest BCUT2D eigenvalue weighted by molar-refractivity contribution is -0.183. The van der Waals surface area contributed by atoms with E-state index in [0.717, 1.165) is 18.4 Å². The maximum absolute atomic E-state index is 13.8. The first kappa shape index (κ1) is 24.7. The quantitative estimate of drug-likeness (QED) is 0.554. The van der Waals surface area contributed by atoms with Gasteiger partial charge in [-0.2, -0.15) is 0 Å². The fraction of sp³-hybridized carbons (Fsp3) is 0.519. The number of halogens is 2. The zero-order chi connectivity index (χ0) is 24.6. The van der Waals surface area contributed by atoms with Crippen LogP contribution >= 0.6 is 11.6 Å². The number of benzene rings is 2. The van der Waals surface area contributed by atoms with Crippen LogP contribution in [-0.2, 0) is 37.0 Å². The van der Waals surface area contributed by atoms with E-state index >= 15 is 0 Å². The third-order valence-electron chi connectivity index (χ3n) is 6.73. The van der Waals surface area contributed by atoms with Gasteiger partial charge in [0, 0.05) is 23.9 Å². The average molecular weight is 504 g/mol. The molecule has 2 aromatic carbocycles. The lowest BCUT2D eigenvalue weighted by Crippen LogP contribution is -2.60. The van der Waals surface area contributed by atoms with E-state index in [4.69, 9.17) is 30.5 Å². The molecule has 8 heteroatoms. The van der Waals surface area contributed by atoms with Crippen LogP contribution in [-0.4, -0.2) is 41.6 Å². The summed E-state index contributed by atoms with van der Waals surface area (Å²) in [5, 5.41) is 3.74. The van der Waals surface area contributed by atoms with E-state index in [9.17, 15) is 9.18 Å². The molecule has 1 heterocycles. The van der Waals surface area contributed by atoms with Crippen LogP contribution < -0.4 is 5.32 Å². The van der Waals surface area contributed by atoms with Crippen molar-refractivity contribution in [1.29, 1.82) is 0 Å². The van der Waals surface area contributed by atoms with Gasteiger partial charge in [-0.1, -0.05) is 35.9 Å². The molecule has 0 unspecified atom stereocenters. The first-order valence-electron chi connectivity index (χ1n) is 12.1. The highest BCUT2D eigenvalue weighted by atomic mass is 35.5. The molecule has 1 saturated heterocycles. The molecule has 6 nitrogen and oxygen atoms in total. The van der Waals surface area contributed by atoms with Crippen LogP contribution in [0.2, 0.25) is 5.02 Å². The van der Waals surface area contributed by atoms with Crippen LogP contribution in [0.25, 0.3) is 0 Å². The molecule has 2 saturated carbocycles. The standard InChI is InChI=1S/C27H31ClFNO5/c1-26(2)34-23-14-27(25(31)30-21-9-10-21,33-16-18-6-4-8-20(29)12-18)13-22(24(23)35-26)32-15-17-5-3-7-19(28)11-17/h3-8,11-12,21-24H,9-10,13-16H2,1-2H3,(H,30,31)/t22-,23+,24-,27+/m0/s1. The van der Waals surface area contributed by atoms with Crippen molar-refractivity contribution in [3.05, 3.63) is 70.5 Å². The van der Waals surface area contributed by atoms with Gasteiger partial charge in [0.1, 0.15) is 11.9 Å². The molecule has 188 valence electrons. The van der Waals surface area contributed by atoms with Gasteiger partial charge in [0.2, 0.25) is 0 Å². The van der Waals surface area contributed by atoms with Crippen molar-refractivity contribution in [2.75, 3.05) is 0 Å². The minimum Gasteiger partial charge on any atom is -0.371 e. The third kappa shape index (κ3) is 5.87. The summed E-state index contributed by atoms with van der Waals surface area (Å²) in [5.74, 6) is -1.33. The fourth-order valence-electron chi connectivity index (χ4n) is 4.93. The van der Waals surface area contributed by atoms with Gasteiger partial charge in [-0.3, -0.25) is 4.79 Å². The minimum atomic E-state index is -1.20. The maximum atomic E-state index is 13.8. The summed E-state index contributed by atoms with van der Waals surface area (Å²) in [7, 11) is 0. The molecular weight excluding hydrogens is 473 g/mol. The van der Waals surface area contributed by atoms with Crippen molar-refractivity contribution in [2.45, 2.75) is 88.5 Å². The summed E-state index contributed by atoms with van der Waals surface area (Å²) in [5.41, 5.74) is 0.385. The van der Waals surface area contributed by atoms with E-state index in [-0.39, 0.29) is 36.6 Å². The van der Waals surface area contributed by atoms with E-state index < -0.39 is 17.5 Å². The molecule has 1 N–H and O–H groups in total. The lowest BCUT2D eigenvalue weighted by atomic mass is 9.78. The molecule has 35 heavy (non-hydrogen) atoms. The largest absolute Gasteiger partial charge is 0.371 e. The molecule has 0 radical (unpaired) electrons. The Hall–Kier alpha value is -2.03. The smallest absolute Gasteiger partial charge is 0.252 e. The van der Waals surface area contributed by atoms with E-state index in [2.05, 4.69) is 5.32 Å². The Labute approximate surface area is 210 Å². The Bertz CT molecular complexity index is 1080. The summed E-state index contributed by atoms with van der Waals surface area (Å²) >= 11 is 6.14. The molecule has 4 atom stereocenters. The highest BCUT2D eigenvalue weighted by Crippen LogP contribution is 2.44. The Morgan fingerprint density at radius 2 is 1.83 bits per heavy atom. The van der Waals surface area contributed by atoms with Gasteiger partial charge in [-0.05, 0) is 62.1 Å². The maximum Gasteiger partial charge on any atom is 0.252 e. The van der Waals surface area contributed by atoms with Gasteiger partial charge in [0.25, 0.3) is 5.91 Å².